The van der Waals surface area contributed by atoms with Gasteiger partial charge in [0.05, 0.1) is 0 Å². The third-order valence-electron chi connectivity index (χ3n) is 5.36. The summed E-state index contributed by atoms with van der Waals surface area (Å²) < 4.78 is 5.25. The Morgan fingerprint density at radius 3 is 2.46 bits per heavy atom. The van der Waals surface area contributed by atoms with Crippen molar-refractivity contribution in [3.05, 3.63) is 35.7 Å². The van der Waals surface area contributed by atoms with Crippen LogP contribution < -0.4 is 5.32 Å². The first kappa shape index (κ1) is 20.0. The maximum Gasteiger partial charge on any atom is 0.329 e. The molecule has 2 aromatic rings. The summed E-state index contributed by atoms with van der Waals surface area (Å²) in [7, 11) is 0. The van der Waals surface area contributed by atoms with E-state index in [9.17, 15) is 14.7 Å². The van der Waals surface area contributed by atoms with Crippen LogP contribution in [0.3, 0.4) is 0 Å². The number of rotatable bonds is 7. The Balaban J connectivity index is 1.58. The molecule has 150 valence electrons. The lowest BCUT2D eigenvalue weighted by atomic mass is 9.81. The van der Waals surface area contributed by atoms with E-state index in [1.54, 1.807) is 0 Å². The molecular weight excluding hydrogens is 358 g/mol. The Kier molecular flexibility index (Phi) is 6.11. The predicted octanol–water partition coefficient (Wildman–Crippen LogP) is 3.70. The van der Waals surface area contributed by atoms with Gasteiger partial charge in [-0.1, -0.05) is 62.5 Å². The van der Waals surface area contributed by atoms with Crippen molar-refractivity contribution in [2.45, 2.75) is 70.3 Å². The van der Waals surface area contributed by atoms with Crippen LogP contribution in [-0.2, 0) is 16.0 Å². The lowest BCUT2D eigenvalue weighted by Crippen LogP contribution is -2.55. The molecule has 0 radical (unpaired) electrons. The lowest BCUT2D eigenvalue weighted by molar-refractivity contribution is -0.149. The molecule has 0 saturated heterocycles. The van der Waals surface area contributed by atoms with Gasteiger partial charge in [-0.15, -0.1) is 0 Å². The van der Waals surface area contributed by atoms with Gasteiger partial charge in [0.1, 0.15) is 5.54 Å². The van der Waals surface area contributed by atoms with Crippen LogP contribution in [0.15, 0.2) is 28.8 Å². The molecule has 2 N–H and O–H groups in total. The minimum atomic E-state index is -1.13. The summed E-state index contributed by atoms with van der Waals surface area (Å²) in [5, 5.41) is 16.3. The van der Waals surface area contributed by atoms with E-state index >= 15 is 0 Å². The molecule has 7 nitrogen and oxygen atoms in total. The van der Waals surface area contributed by atoms with Gasteiger partial charge >= 0.3 is 5.97 Å². The number of aryl methyl sites for hydroxylation is 1. The van der Waals surface area contributed by atoms with Crippen LogP contribution >= 0.6 is 0 Å². The number of nitrogens with one attached hydrogen (secondary N) is 1. The van der Waals surface area contributed by atoms with Gasteiger partial charge in [0.25, 0.3) is 0 Å². The topological polar surface area (TPSA) is 105 Å². The minimum absolute atomic E-state index is 0.114. The largest absolute Gasteiger partial charge is 0.480 e. The number of aromatic nitrogens is 2. The van der Waals surface area contributed by atoms with Gasteiger partial charge in [-0.05, 0) is 24.3 Å². The first-order valence-electron chi connectivity index (χ1n) is 9.87. The zero-order chi connectivity index (χ0) is 20.1. The fourth-order valence-corrected chi connectivity index (χ4v) is 3.59. The molecular formula is C21H27N3O4. The van der Waals surface area contributed by atoms with Crippen molar-refractivity contribution in [3.63, 3.8) is 0 Å². The van der Waals surface area contributed by atoms with Crippen LogP contribution in [0.2, 0.25) is 0 Å². The average Bonchev–Trinajstić information content (AvgIpc) is 3.16. The highest BCUT2D eigenvalue weighted by Crippen LogP contribution is 2.28. The molecule has 1 aliphatic carbocycles. The number of hydrogen-bond acceptors (Lipinski definition) is 5. The number of carboxylic acids is 1. The van der Waals surface area contributed by atoms with Crippen molar-refractivity contribution in [2.24, 2.45) is 0 Å². The average molecular weight is 385 g/mol. The molecule has 1 amide bonds. The number of benzene rings is 1. The first-order chi connectivity index (χ1) is 13.4. The van der Waals surface area contributed by atoms with E-state index < -0.39 is 11.5 Å². The van der Waals surface area contributed by atoms with Gasteiger partial charge in [0.15, 0.2) is 0 Å². The van der Waals surface area contributed by atoms with Crippen molar-refractivity contribution in [2.75, 3.05) is 0 Å². The minimum Gasteiger partial charge on any atom is -0.480 e. The summed E-state index contributed by atoms with van der Waals surface area (Å²) in [6.07, 6.45) is 3.98. The highest BCUT2D eigenvalue weighted by Gasteiger charge is 2.40. The summed E-state index contributed by atoms with van der Waals surface area (Å²) in [5.74, 6) is 0.0496. The number of aliphatic carboxylic acids is 1. The summed E-state index contributed by atoms with van der Waals surface area (Å²) >= 11 is 0. The highest BCUT2D eigenvalue weighted by atomic mass is 16.5. The molecule has 0 unspecified atom stereocenters. The number of carboxylic acid groups (broad SMARTS) is 1. The van der Waals surface area contributed by atoms with E-state index in [1.807, 2.05) is 24.3 Å². The summed E-state index contributed by atoms with van der Waals surface area (Å²) in [6.45, 7) is 4.27. The van der Waals surface area contributed by atoms with Gasteiger partial charge < -0.3 is 14.9 Å². The molecule has 0 bridgehead atoms. The number of carbonyl (C=O) groups excluding carboxylic acids is 1. The Labute approximate surface area is 164 Å². The lowest BCUT2D eigenvalue weighted by Gasteiger charge is -2.33. The standard InChI is InChI=1S/C21H27N3O4/c1-14(2)15-6-8-16(9-7-15)19-22-18(28-24-19)11-10-17(25)23-21(20(26)27)12-4-3-5-13-21/h6-9,14H,3-5,10-13H2,1-2H3,(H,23,25)(H,26,27). The van der Waals surface area contributed by atoms with Crippen molar-refractivity contribution >= 4 is 11.9 Å². The molecule has 1 aliphatic rings. The van der Waals surface area contributed by atoms with Crippen LogP contribution in [0.4, 0.5) is 0 Å². The van der Waals surface area contributed by atoms with Crippen LogP contribution in [-0.4, -0.2) is 32.7 Å². The zero-order valence-corrected chi connectivity index (χ0v) is 16.4. The normalized spacial score (nSPS) is 16.1. The number of amides is 1. The molecule has 0 atom stereocenters. The molecule has 7 heteroatoms. The molecule has 1 aromatic carbocycles. The SMILES string of the molecule is CC(C)c1ccc(-c2noc(CCC(=O)NC3(C(=O)O)CCCCC3)n2)cc1. The number of nitrogens with zero attached hydrogens (tertiary/aromatic N) is 2. The second kappa shape index (κ2) is 8.54. The Hall–Kier alpha value is -2.70. The predicted molar refractivity (Wildman–Crippen MR) is 104 cm³/mol. The molecule has 0 aliphatic heterocycles. The molecule has 28 heavy (non-hydrogen) atoms. The van der Waals surface area contributed by atoms with Crippen LogP contribution in [0.25, 0.3) is 11.4 Å². The highest BCUT2D eigenvalue weighted by molar-refractivity contribution is 5.87. The van der Waals surface area contributed by atoms with Crippen molar-refractivity contribution in [1.29, 1.82) is 0 Å². The summed E-state index contributed by atoms with van der Waals surface area (Å²) in [6, 6.07) is 7.99. The maximum atomic E-state index is 12.3. The summed E-state index contributed by atoms with van der Waals surface area (Å²) in [4.78, 5) is 28.3. The smallest absolute Gasteiger partial charge is 0.329 e. The second-order valence-electron chi connectivity index (χ2n) is 7.78. The van der Waals surface area contributed by atoms with Crippen molar-refractivity contribution < 1.29 is 19.2 Å². The van der Waals surface area contributed by atoms with Crippen LogP contribution in [0.1, 0.15) is 69.7 Å². The van der Waals surface area contributed by atoms with Crippen LogP contribution in [0.5, 0.6) is 0 Å². The molecule has 1 saturated carbocycles. The summed E-state index contributed by atoms with van der Waals surface area (Å²) in [5.41, 5.74) is 0.961. The number of hydrogen-bond donors (Lipinski definition) is 2. The van der Waals surface area contributed by atoms with Crippen molar-refractivity contribution in [3.8, 4) is 11.4 Å². The third kappa shape index (κ3) is 4.58. The Bertz CT molecular complexity index is 820. The monoisotopic (exact) mass is 385 g/mol. The van der Waals surface area contributed by atoms with Gasteiger partial charge in [-0.3, -0.25) is 4.79 Å². The van der Waals surface area contributed by atoms with Crippen LogP contribution in [0, 0.1) is 0 Å². The number of carbonyl (C=O) groups is 2. The molecule has 0 spiro atoms. The van der Waals surface area contributed by atoms with E-state index in [1.165, 1.54) is 5.56 Å². The Morgan fingerprint density at radius 2 is 1.86 bits per heavy atom. The molecule has 1 heterocycles. The van der Waals surface area contributed by atoms with Gasteiger partial charge in [-0.25, -0.2) is 4.79 Å². The molecule has 3 rings (SSSR count). The van der Waals surface area contributed by atoms with Gasteiger partial charge in [0, 0.05) is 18.4 Å². The van der Waals surface area contributed by atoms with E-state index in [0.29, 0.717) is 30.5 Å². The molecule has 1 aromatic heterocycles. The second-order valence-corrected chi connectivity index (χ2v) is 7.78. The van der Waals surface area contributed by atoms with Gasteiger partial charge in [0.2, 0.25) is 17.6 Å². The zero-order valence-electron chi connectivity index (χ0n) is 16.4. The third-order valence-corrected chi connectivity index (χ3v) is 5.36. The fourth-order valence-electron chi connectivity index (χ4n) is 3.59. The first-order valence-corrected chi connectivity index (χ1v) is 9.87. The van der Waals surface area contributed by atoms with E-state index in [0.717, 1.165) is 24.8 Å². The van der Waals surface area contributed by atoms with E-state index in [2.05, 4.69) is 29.3 Å². The van der Waals surface area contributed by atoms with Gasteiger partial charge in [-0.2, -0.15) is 4.98 Å². The Morgan fingerprint density at radius 1 is 1.18 bits per heavy atom. The van der Waals surface area contributed by atoms with E-state index in [4.69, 9.17) is 4.52 Å². The molecule has 1 fully saturated rings. The quantitative estimate of drug-likeness (QED) is 0.753. The van der Waals surface area contributed by atoms with E-state index in [-0.39, 0.29) is 18.7 Å². The fraction of sp³-hybridized carbons (Fsp3) is 0.524. The maximum absolute atomic E-state index is 12.3. The van der Waals surface area contributed by atoms with Crippen molar-refractivity contribution in [1.82, 2.24) is 15.5 Å².